The van der Waals surface area contributed by atoms with Crippen LogP contribution >= 0.6 is 11.3 Å². The summed E-state index contributed by atoms with van der Waals surface area (Å²) in [6.45, 7) is 1.73. The van der Waals surface area contributed by atoms with Crippen molar-refractivity contribution in [3.8, 4) is 10.6 Å². The molecule has 2 aromatic heterocycles. The van der Waals surface area contributed by atoms with Gasteiger partial charge >= 0.3 is 0 Å². The molecule has 1 aliphatic heterocycles. The molecule has 23 heavy (non-hydrogen) atoms. The monoisotopic (exact) mass is 326 g/mol. The number of nitrogens with zero attached hydrogens (tertiary/aromatic N) is 2. The summed E-state index contributed by atoms with van der Waals surface area (Å²) in [5.41, 5.74) is 3.47. The molecule has 0 amide bonds. The van der Waals surface area contributed by atoms with Crippen LogP contribution in [0.25, 0.3) is 10.6 Å². The third-order valence-electron chi connectivity index (χ3n) is 4.38. The molecule has 118 valence electrons. The zero-order valence-electron chi connectivity index (χ0n) is 12.7. The van der Waals surface area contributed by atoms with Crippen molar-refractivity contribution in [2.45, 2.75) is 19.0 Å². The van der Waals surface area contributed by atoms with Crippen LogP contribution in [0, 0.1) is 0 Å². The van der Waals surface area contributed by atoms with E-state index in [-0.39, 0.29) is 12.6 Å². The maximum Gasteiger partial charge on any atom is 0.177 e. The second-order valence-electron chi connectivity index (χ2n) is 5.78. The topological polar surface area (TPSA) is 49.5 Å². The molecule has 0 fully saturated rings. The van der Waals surface area contributed by atoms with E-state index in [0.29, 0.717) is 6.54 Å². The van der Waals surface area contributed by atoms with Crippen molar-refractivity contribution in [3.05, 3.63) is 64.7 Å². The number of aliphatic hydroxyl groups excluding tert-OH is 1. The number of fused-ring (bicyclic) bond motifs is 1. The van der Waals surface area contributed by atoms with E-state index >= 15 is 0 Å². The Balaban J connectivity index is 1.55. The first kappa shape index (κ1) is 14.6. The van der Waals surface area contributed by atoms with E-state index in [1.54, 1.807) is 11.3 Å². The Hall–Kier alpha value is -1.95. The molecule has 0 spiro atoms. The summed E-state index contributed by atoms with van der Waals surface area (Å²) in [6.07, 6.45) is 1.00. The average Bonchev–Trinajstić information content (AvgIpc) is 3.26. The normalized spacial score (nSPS) is 18.0. The van der Waals surface area contributed by atoms with Crippen LogP contribution in [-0.2, 0) is 13.0 Å². The Labute approximate surface area is 139 Å². The van der Waals surface area contributed by atoms with Gasteiger partial charge in [0.2, 0.25) is 0 Å². The lowest BCUT2D eigenvalue weighted by molar-refractivity contribution is 0.106. The number of aliphatic hydroxyl groups is 1. The molecule has 0 saturated heterocycles. The maximum atomic E-state index is 9.86. The van der Waals surface area contributed by atoms with E-state index in [0.717, 1.165) is 29.3 Å². The summed E-state index contributed by atoms with van der Waals surface area (Å²) in [5, 5.41) is 16.1. The van der Waals surface area contributed by atoms with Gasteiger partial charge in [-0.05, 0) is 29.0 Å². The Kier molecular flexibility index (Phi) is 3.99. The highest BCUT2D eigenvalue weighted by Gasteiger charge is 2.27. The minimum Gasteiger partial charge on any atom is -0.394 e. The van der Waals surface area contributed by atoms with Gasteiger partial charge in [-0.1, -0.05) is 35.5 Å². The van der Waals surface area contributed by atoms with E-state index < -0.39 is 0 Å². The van der Waals surface area contributed by atoms with Crippen LogP contribution in [0.3, 0.4) is 0 Å². The van der Waals surface area contributed by atoms with Crippen molar-refractivity contribution in [2.24, 2.45) is 0 Å². The second-order valence-corrected chi connectivity index (χ2v) is 6.73. The van der Waals surface area contributed by atoms with Gasteiger partial charge in [0.05, 0.1) is 23.2 Å². The standard InChI is InChI=1S/C18H18N2O2S/c21-12-16-15-5-2-1-4-13(15)7-8-20(16)11-14-10-17(22-19-14)18-6-3-9-23-18/h1-6,9-10,16,21H,7-8,11-12H2. The molecule has 1 N–H and O–H groups in total. The predicted molar refractivity (Wildman–Crippen MR) is 90.2 cm³/mol. The number of rotatable bonds is 4. The van der Waals surface area contributed by atoms with Crippen molar-refractivity contribution in [1.29, 1.82) is 0 Å². The fraction of sp³-hybridized carbons (Fsp3) is 0.278. The molecule has 0 radical (unpaired) electrons. The minimum absolute atomic E-state index is 0.0295. The van der Waals surface area contributed by atoms with Crippen molar-refractivity contribution < 1.29 is 9.63 Å². The van der Waals surface area contributed by atoms with E-state index in [1.807, 2.05) is 29.6 Å². The van der Waals surface area contributed by atoms with Gasteiger partial charge in [0.15, 0.2) is 5.76 Å². The van der Waals surface area contributed by atoms with Gasteiger partial charge in [0.25, 0.3) is 0 Å². The number of thiophene rings is 1. The molecule has 3 aromatic rings. The van der Waals surface area contributed by atoms with Crippen molar-refractivity contribution in [1.82, 2.24) is 10.1 Å². The van der Waals surface area contributed by atoms with Crippen molar-refractivity contribution >= 4 is 11.3 Å². The average molecular weight is 326 g/mol. The minimum atomic E-state index is 0.0295. The fourth-order valence-corrected chi connectivity index (χ4v) is 3.91. The molecular weight excluding hydrogens is 308 g/mol. The Bertz CT molecular complexity index is 782. The summed E-state index contributed by atoms with van der Waals surface area (Å²) in [6, 6.07) is 14.4. The van der Waals surface area contributed by atoms with E-state index in [4.69, 9.17) is 4.52 Å². The molecule has 0 saturated carbocycles. The van der Waals surface area contributed by atoms with Crippen LogP contribution < -0.4 is 0 Å². The Morgan fingerprint density at radius 2 is 2.17 bits per heavy atom. The van der Waals surface area contributed by atoms with Gasteiger partial charge in [-0.2, -0.15) is 0 Å². The SMILES string of the molecule is OCC1c2ccccc2CCN1Cc1cc(-c2cccs2)on1. The lowest BCUT2D eigenvalue weighted by Gasteiger charge is -2.35. The molecule has 1 atom stereocenters. The first-order valence-corrected chi connectivity index (χ1v) is 8.65. The van der Waals surface area contributed by atoms with Crippen molar-refractivity contribution in [2.75, 3.05) is 13.2 Å². The van der Waals surface area contributed by atoms with Crippen LogP contribution in [0.4, 0.5) is 0 Å². The highest BCUT2D eigenvalue weighted by atomic mass is 32.1. The Morgan fingerprint density at radius 3 is 3.00 bits per heavy atom. The molecular formula is C18H18N2O2S. The highest BCUT2D eigenvalue weighted by Crippen LogP contribution is 2.31. The second kappa shape index (κ2) is 6.28. The zero-order chi connectivity index (χ0) is 15.6. The molecule has 1 aliphatic rings. The van der Waals surface area contributed by atoms with Gasteiger partial charge in [-0.15, -0.1) is 11.3 Å². The zero-order valence-corrected chi connectivity index (χ0v) is 13.5. The van der Waals surface area contributed by atoms with Crippen molar-refractivity contribution in [3.63, 3.8) is 0 Å². The summed E-state index contributed by atoms with van der Waals surface area (Å²) in [7, 11) is 0. The van der Waals surface area contributed by atoms with Gasteiger partial charge in [-0.3, -0.25) is 4.90 Å². The van der Waals surface area contributed by atoms with Crippen LogP contribution in [0.1, 0.15) is 22.9 Å². The number of hydrogen-bond acceptors (Lipinski definition) is 5. The molecule has 1 aromatic carbocycles. The Morgan fingerprint density at radius 1 is 1.26 bits per heavy atom. The molecule has 4 rings (SSSR count). The first-order valence-electron chi connectivity index (χ1n) is 7.77. The third-order valence-corrected chi connectivity index (χ3v) is 5.27. The summed E-state index contributed by atoms with van der Waals surface area (Å²) in [4.78, 5) is 3.37. The molecule has 4 nitrogen and oxygen atoms in total. The lowest BCUT2D eigenvalue weighted by atomic mass is 9.93. The summed E-state index contributed by atoms with van der Waals surface area (Å²) in [5.74, 6) is 0.813. The van der Waals surface area contributed by atoms with E-state index in [9.17, 15) is 5.11 Å². The molecule has 1 unspecified atom stereocenters. The largest absolute Gasteiger partial charge is 0.394 e. The van der Waals surface area contributed by atoms with Gasteiger partial charge < -0.3 is 9.63 Å². The quantitative estimate of drug-likeness (QED) is 0.797. The maximum absolute atomic E-state index is 9.86. The van der Waals surface area contributed by atoms with E-state index in [2.05, 4.69) is 28.3 Å². The van der Waals surface area contributed by atoms with Gasteiger partial charge in [-0.25, -0.2) is 0 Å². The van der Waals surface area contributed by atoms with Crippen LogP contribution in [0.5, 0.6) is 0 Å². The third kappa shape index (κ3) is 2.83. The highest BCUT2D eigenvalue weighted by molar-refractivity contribution is 7.13. The van der Waals surface area contributed by atoms with Gasteiger partial charge in [0, 0.05) is 19.2 Å². The fourth-order valence-electron chi connectivity index (χ4n) is 3.24. The molecule has 5 heteroatoms. The summed E-state index contributed by atoms with van der Waals surface area (Å²) < 4.78 is 5.46. The predicted octanol–water partition coefficient (Wildman–Crippen LogP) is 3.49. The van der Waals surface area contributed by atoms with E-state index in [1.165, 1.54) is 11.1 Å². The number of hydrogen-bond donors (Lipinski definition) is 1. The van der Waals surface area contributed by atoms with Gasteiger partial charge in [0.1, 0.15) is 0 Å². The number of benzene rings is 1. The lowest BCUT2D eigenvalue weighted by Crippen LogP contribution is -2.36. The molecule has 0 bridgehead atoms. The molecule has 3 heterocycles. The first-order chi connectivity index (χ1) is 11.3. The number of aromatic nitrogens is 1. The molecule has 0 aliphatic carbocycles. The van der Waals surface area contributed by atoms with Crippen LogP contribution in [-0.4, -0.2) is 28.3 Å². The van der Waals surface area contributed by atoms with Crippen LogP contribution in [0.2, 0.25) is 0 Å². The summed E-state index contributed by atoms with van der Waals surface area (Å²) >= 11 is 1.64. The van der Waals surface area contributed by atoms with Crippen LogP contribution in [0.15, 0.2) is 52.4 Å². The smallest absolute Gasteiger partial charge is 0.177 e.